The Kier molecular flexibility index (Phi) is 3.90. The Hall–Kier alpha value is -1.75. The molecule has 1 aromatic carbocycles. The van der Waals surface area contributed by atoms with Gasteiger partial charge in [-0.2, -0.15) is 0 Å². The number of nitrogen functional groups attached to an aromatic ring is 1. The number of hydrogen-bond donors (Lipinski definition) is 2. The molecule has 5 nitrogen and oxygen atoms in total. The summed E-state index contributed by atoms with van der Waals surface area (Å²) in [7, 11) is 5.93. The zero-order chi connectivity index (χ0) is 14.9. The van der Waals surface area contributed by atoms with Crippen LogP contribution >= 0.6 is 0 Å². The molecule has 0 radical (unpaired) electrons. The number of amides is 1. The van der Waals surface area contributed by atoms with Crippen LogP contribution < -0.4 is 5.73 Å². The molecule has 1 fully saturated rings. The smallest absolute Gasteiger partial charge is 0.253 e. The maximum atomic E-state index is 12.4. The van der Waals surface area contributed by atoms with Crippen molar-refractivity contribution < 1.29 is 9.90 Å². The van der Waals surface area contributed by atoms with Crippen molar-refractivity contribution in [1.29, 1.82) is 0 Å². The molecule has 2 rings (SSSR count). The van der Waals surface area contributed by atoms with Crippen molar-refractivity contribution in [2.75, 3.05) is 33.4 Å². The van der Waals surface area contributed by atoms with Crippen LogP contribution in [-0.2, 0) is 0 Å². The molecular formula is C15H23N3O2. The minimum atomic E-state index is -0.0894. The van der Waals surface area contributed by atoms with Gasteiger partial charge in [-0.1, -0.05) is 0 Å². The molecule has 1 aliphatic rings. The molecule has 0 saturated heterocycles. The average Bonchev–Trinajstić information content (AvgIpc) is 2.35. The summed E-state index contributed by atoms with van der Waals surface area (Å²) in [6.45, 7) is 0.698. The molecule has 5 heteroatoms. The predicted molar refractivity (Wildman–Crippen MR) is 79.7 cm³/mol. The first-order chi connectivity index (χ1) is 9.35. The normalized spacial score (nSPS) is 16.8. The number of carbonyl (C=O) groups excluding carboxylic acids is 1. The second-order valence-corrected chi connectivity index (χ2v) is 5.91. The molecule has 20 heavy (non-hydrogen) atoms. The van der Waals surface area contributed by atoms with Gasteiger partial charge in [0.25, 0.3) is 5.91 Å². The molecule has 1 amide bonds. The fourth-order valence-corrected chi connectivity index (χ4v) is 2.74. The Morgan fingerprint density at radius 3 is 2.45 bits per heavy atom. The number of carbonyl (C=O) groups is 1. The van der Waals surface area contributed by atoms with E-state index < -0.39 is 0 Å². The van der Waals surface area contributed by atoms with Crippen LogP contribution in [0, 0.1) is 0 Å². The van der Waals surface area contributed by atoms with Crippen molar-refractivity contribution in [3.63, 3.8) is 0 Å². The third-order valence-corrected chi connectivity index (χ3v) is 4.39. The molecule has 1 aromatic rings. The lowest BCUT2D eigenvalue weighted by Crippen LogP contribution is -2.57. The van der Waals surface area contributed by atoms with Gasteiger partial charge in [-0.25, -0.2) is 0 Å². The Balaban J connectivity index is 2.10. The molecule has 0 aromatic heterocycles. The summed E-state index contributed by atoms with van der Waals surface area (Å²) in [5.74, 6) is -0.136. The summed E-state index contributed by atoms with van der Waals surface area (Å²) < 4.78 is 0. The van der Waals surface area contributed by atoms with Crippen molar-refractivity contribution in [2.45, 2.75) is 24.8 Å². The van der Waals surface area contributed by atoms with Crippen molar-refractivity contribution in [1.82, 2.24) is 9.80 Å². The van der Waals surface area contributed by atoms with E-state index in [1.165, 1.54) is 12.5 Å². The van der Waals surface area contributed by atoms with Gasteiger partial charge in [-0.05, 0) is 51.6 Å². The van der Waals surface area contributed by atoms with Gasteiger partial charge in [0, 0.05) is 24.7 Å². The predicted octanol–water partition coefficient (Wildman–Crippen LogP) is 1.53. The summed E-state index contributed by atoms with van der Waals surface area (Å²) >= 11 is 0. The highest BCUT2D eigenvalue weighted by Crippen LogP contribution is 2.36. The first-order valence-corrected chi connectivity index (χ1v) is 6.87. The molecule has 0 unspecified atom stereocenters. The quantitative estimate of drug-likeness (QED) is 0.647. The van der Waals surface area contributed by atoms with Gasteiger partial charge in [0.2, 0.25) is 0 Å². The second kappa shape index (κ2) is 5.32. The van der Waals surface area contributed by atoms with Crippen LogP contribution in [0.25, 0.3) is 0 Å². The summed E-state index contributed by atoms with van der Waals surface area (Å²) in [4.78, 5) is 16.3. The van der Waals surface area contributed by atoms with Crippen LogP contribution in [0.5, 0.6) is 5.75 Å². The van der Waals surface area contributed by atoms with Crippen LogP contribution in [-0.4, -0.2) is 54.0 Å². The topological polar surface area (TPSA) is 69.8 Å². The number of anilines is 1. The maximum Gasteiger partial charge on any atom is 0.253 e. The first kappa shape index (κ1) is 14.7. The van der Waals surface area contributed by atoms with E-state index in [2.05, 4.69) is 19.0 Å². The number of phenolic OH excluding ortho intramolecular Hbond substituents is 1. The van der Waals surface area contributed by atoms with Gasteiger partial charge in [0.15, 0.2) is 0 Å². The molecule has 110 valence electrons. The Morgan fingerprint density at radius 2 is 2.00 bits per heavy atom. The molecule has 0 heterocycles. The van der Waals surface area contributed by atoms with E-state index in [4.69, 9.17) is 5.73 Å². The lowest BCUT2D eigenvalue weighted by Gasteiger charge is -2.49. The summed E-state index contributed by atoms with van der Waals surface area (Å²) in [5.41, 5.74) is 6.40. The molecule has 1 saturated carbocycles. The molecule has 0 atom stereocenters. The fourth-order valence-electron chi connectivity index (χ4n) is 2.74. The van der Waals surface area contributed by atoms with E-state index >= 15 is 0 Å². The number of benzene rings is 1. The van der Waals surface area contributed by atoms with E-state index in [0.29, 0.717) is 12.1 Å². The third-order valence-electron chi connectivity index (χ3n) is 4.39. The monoisotopic (exact) mass is 277 g/mol. The fraction of sp³-hybridized carbons (Fsp3) is 0.533. The zero-order valence-electron chi connectivity index (χ0n) is 12.4. The van der Waals surface area contributed by atoms with Gasteiger partial charge >= 0.3 is 0 Å². The lowest BCUT2D eigenvalue weighted by atomic mass is 9.75. The van der Waals surface area contributed by atoms with Gasteiger partial charge in [0.1, 0.15) is 5.75 Å². The maximum absolute atomic E-state index is 12.4. The Labute approximate surface area is 120 Å². The van der Waals surface area contributed by atoms with E-state index in [1.807, 2.05) is 0 Å². The zero-order valence-corrected chi connectivity index (χ0v) is 12.4. The standard InChI is InChI=1S/C15H23N3O2/c1-17(2)15(7-4-8-15)10-18(3)14(20)11-5-6-12(16)13(19)9-11/h5-6,9,19H,4,7-8,10,16H2,1-3H3. The minimum Gasteiger partial charge on any atom is -0.506 e. The Bertz CT molecular complexity index is 510. The van der Waals surface area contributed by atoms with Crippen LogP contribution in [0.2, 0.25) is 0 Å². The minimum absolute atomic E-state index is 0.0461. The average molecular weight is 277 g/mol. The molecule has 0 spiro atoms. The largest absolute Gasteiger partial charge is 0.506 e. The Morgan fingerprint density at radius 1 is 1.35 bits per heavy atom. The van der Waals surface area contributed by atoms with E-state index in [9.17, 15) is 9.90 Å². The van der Waals surface area contributed by atoms with Crippen LogP contribution in [0.4, 0.5) is 5.69 Å². The van der Waals surface area contributed by atoms with Crippen LogP contribution in [0.3, 0.4) is 0 Å². The summed E-state index contributed by atoms with van der Waals surface area (Å²) in [6.07, 6.45) is 3.44. The van der Waals surface area contributed by atoms with Gasteiger partial charge in [-0.3, -0.25) is 4.79 Å². The third kappa shape index (κ3) is 2.58. The van der Waals surface area contributed by atoms with Crippen molar-refractivity contribution in [3.05, 3.63) is 23.8 Å². The van der Waals surface area contributed by atoms with Crippen LogP contribution in [0.1, 0.15) is 29.6 Å². The number of phenols is 1. The van der Waals surface area contributed by atoms with Crippen molar-refractivity contribution in [3.8, 4) is 5.75 Å². The first-order valence-electron chi connectivity index (χ1n) is 6.87. The number of nitrogens with two attached hydrogens (primary N) is 1. The van der Waals surface area contributed by atoms with Gasteiger partial charge in [-0.15, -0.1) is 0 Å². The SMILES string of the molecule is CN(CC1(N(C)C)CCC1)C(=O)c1ccc(N)c(O)c1. The van der Waals surface area contributed by atoms with Crippen molar-refractivity contribution >= 4 is 11.6 Å². The summed E-state index contributed by atoms with van der Waals surface area (Å²) in [5, 5.41) is 9.60. The van der Waals surface area contributed by atoms with Crippen LogP contribution in [0.15, 0.2) is 18.2 Å². The number of nitrogens with zero attached hydrogens (tertiary/aromatic N) is 2. The molecular weight excluding hydrogens is 254 g/mol. The molecule has 1 aliphatic carbocycles. The molecule has 3 N–H and O–H groups in total. The van der Waals surface area contributed by atoms with E-state index in [0.717, 1.165) is 12.8 Å². The van der Waals surface area contributed by atoms with E-state index in [1.54, 1.807) is 24.1 Å². The van der Waals surface area contributed by atoms with Gasteiger partial charge < -0.3 is 20.6 Å². The molecule has 0 aliphatic heterocycles. The number of rotatable bonds is 4. The number of hydrogen-bond acceptors (Lipinski definition) is 4. The highest BCUT2D eigenvalue weighted by atomic mass is 16.3. The summed E-state index contributed by atoms with van der Waals surface area (Å²) in [6, 6.07) is 4.63. The van der Waals surface area contributed by atoms with Crippen molar-refractivity contribution in [2.24, 2.45) is 0 Å². The number of likely N-dealkylation sites (N-methyl/N-ethyl adjacent to an activating group) is 2. The lowest BCUT2D eigenvalue weighted by molar-refractivity contribution is 0.0252. The van der Waals surface area contributed by atoms with Gasteiger partial charge in [0.05, 0.1) is 5.69 Å². The highest BCUT2D eigenvalue weighted by molar-refractivity contribution is 5.95. The number of aromatic hydroxyl groups is 1. The highest BCUT2D eigenvalue weighted by Gasteiger charge is 2.40. The molecule has 0 bridgehead atoms. The second-order valence-electron chi connectivity index (χ2n) is 5.91. The van der Waals surface area contributed by atoms with E-state index in [-0.39, 0.29) is 22.9 Å².